The number of halogens is 1. The van der Waals surface area contributed by atoms with Crippen molar-refractivity contribution in [2.24, 2.45) is 11.8 Å². The van der Waals surface area contributed by atoms with E-state index < -0.39 is 11.8 Å². The number of rotatable bonds is 12. The van der Waals surface area contributed by atoms with Crippen molar-refractivity contribution in [1.29, 1.82) is 0 Å². The lowest BCUT2D eigenvalue weighted by atomic mass is 9.91. The molecule has 3 aromatic rings. The van der Waals surface area contributed by atoms with E-state index in [4.69, 9.17) is 14.2 Å². The highest BCUT2D eigenvalue weighted by Crippen LogP contribution is 2.45. The minimum absolute atomic E-state index is 0.0141. The van der Waals surface area contributed by atoms with Crippen LogP contribution in [0.4, 0.5) is 4.39 Å². The zero-order chi connectivity index (χ0) is 25.1. The number of hydrogen-bond donors (Lipinski definition) is 1. The van der Waals surface area contributed by atoms with Gasteiger partial charge in [-0.3, -0.25) is 4.79 Å². The first-order valence-corrected chi connectivity index (χ1v) is 12.1. The summed E-state index contributed by atoms with van der Waals surface area (Å²) in [6, 6.07) is 9.03. The van der Waals surface area contributed by atoms with Crippen LogP contribution < -0.4 is 14.2 Å². The van der Waals surface area contributed by atoms with Crippen LogP contribution in [0.2, 0.25) is 0 Å². The molecule has 2 aliphatic rings. The maximum atomic E-state index is 14.6. The highest BCUT2D eigenvalue weighted by Gasteiger charge is 2.34. The third-order valence-electron chi connectivity index (χ3n) is 6.50. The summed E-state index contributed by atoms with van der Waals surface area (Å²) in [6.07, 6.45) is 7.04. The van der Waals surface area contributed by atoms with Gasteiger partial charge in [0.1, 0.15) is 23.7 Å². The standard InChI is InChI=1S/C27H28FN3O5/c1-34-24-10-22(23(28)13-29-24)26-27(36-14-16-5-6-16)31-19(12-30-26)15-35-20-4-2-3-18(9-20)21(11-25(32)33)17-7-8-17/h2-4,9-10,12-13,16-17,21H,5-8,11,14-15H2,1H3,(H,32,33)/t21-/m0/s1. The van der Waals surface area contributed by atoms with Gasteiger partial charge in [0.2, 0.25) is 11.8 Å². The Morgan fingerprint density at radius 1 is 1.14 bits per heavy atom. The van der Waals surface area contributed by atoms with Crippen LogP contribution in [0.3, 0.4) is 0 Å². The monoisotopic (exact) mass is 493 g/mol. The van der Waals surface area contributed by atoms with Gasteiger partial charge in [0.25, 0.3) is 0 Å². The van der Waals surface area contributed by atoms with Crippen LogP contribution in [0, 0.1) is 17.7 Å². The Labute approximate surface area is 208 Å². The molecular formula is C27H28FN3O5. The summed E-state index contributed by atoms with van der Waals surface area (Å²) in [5.74, 6) is 0.654. The molecular weight excluding hydrogens is 465 g/mol. The molecule has 2 aromatic heterocycles. The summed E-state index contributed by atoms with van der Waals surface area (Å²) in [7, 11) is 1.46. The minimum atomic E-state index is -0.796. The molecule has 188 valence electrons. The van der Waals surface area contributed by atoms with Gasteiger partial charge in [-0.2, -0.15) is 0 Å². The number of carboxylic acids is 1. The molecule has 36 heavy (non-hydrogen) atoms. The Bertz CT molecular complexity index is 1250. The zero-order valence-corrected chi connectivity index (χ0v) is 20.0. The van der Waals surface area contributed by atoms with E-state index in [1.807, 2.05) is 24.3 Å². The number of aromatic nitrogens is 3. The topological polar surface area (TPSA) is 104 Å². The van der Waals surface area contributed by atoms with Gasteiger partial charge in [-0.1, -0.05) is 12.1 Å². The van der Waals surface area contributed by atoms with E-state index in [1.54, 1.807) is 0 Å². The molecule has 0 radical (unpaired) electrons. The maximum Gasteiger partial charge on any atom is 0.303 e. The third-order valence-corrected chi connectivity index (χ3v) is 6.50. The van der Waals surface area contributed by atoms with E-state index in [1.165, 1.54) is 19.4 Å². The Morgan fingerprint density at radius 2 is 1.97 bits per heavy atom. The lowest BCUT2D eigenvalue weighted by molar-refractivity contribution is -0.137. The summed E-state index contributed by atoms with van der Waals surface area (Å²) in [5.41, 5.74) is 1.97. The molecule has 0 aliphatic heterocycles. The number of methoxy groups -OCH3 is 1. The summed E-state index contributed by atoms with van der Waals surface area (Å²) in [5, 5.41) is 9.31. The van der Waals surface area contributed by atoms with Crippen molar-refractivity contribution in [3.8, 4) is 28.8 Å². The lowest BCUT2D eigenvalue weighted by Crippen LogP contribution is -2.09. The molecule has 2 heterocycles. The number of ether oxygens (including phenoxy) is 3. The number of aliphatic carboxylic acids is 1. The summed E-state index contributed by atoms with van der Waals surface area (Å²) < 4.78 is 31.7. The van der Waals surface area contributed by atoms with Crippen LogP contribution in [0.25, 0.3) is 11.3 Å². The van der Waals surface area contributed by atoms with E-state index in [0.717, 1.165) is 37.4 Å². The fourth-order valence-corrected chi connectivity index (χ4v) is 4.19. The lowest BCUT2D eigenvalue weighted by Gasteiger charge is -2.16. The number of carboxylic acid groups (broad SMARTS) is 1. The van der Waals surface area contributed by atoms with Crippen LogP contribution in [0.1, 0.15) is 49.3 Å². The predicted molar refractivity (Wildman–Crippen MR) is 128 cm³/mol. The second-order valence-electron chi connectivity index (χ2n) is 9.38. The van der Waals surface area contributed by atoms with Crippen molar-refractivity contribution >= 4 is 5.97 Å². The van der Waals surface area contributed by atoms with Crippen molar-refractivity contribution in [3.05, 3.63) is 59.8 Å². The zero-order valence-electron chi connectivity index (χ0n) is 20.0. The van der Waals surface area contributed by atoms with Crippen molar-refractivity contribution in [2.45, 2.75) is 44.6 Å². The van der Waals surface area contributed by atoms with Gasteiger partial charge in [-0.05, 0) is 61.1 Å². The van der Waals surface area contributed by atoms with Crippen LogP contribution in [-0.4, -0.2) is 39.7 Å². The van der Waals surface area contributed by atoms with Crippen molar-refractivity contribution < 1.29 is 28.5 Å². The fourth-order valence-electron chi connectivity index (χ4n) is 4.19. The fraction of sp³-hybridized carbons (Fsp3) is 0.407. The number of benzene rings is 1. The van der Waals surface area contributed by atoms with E-state index in [9.17, 15) is 14.3 Å². The average Bonchev–Trinajstić information content (AvgIpc) is 3.80. The van der Waals surface area contributed by atoms with E-state index in [2.05, 4.69) is 15.0 Å². The molecule has 5 rings (SSSR count). The highest BCUT2D eigenvalue weighted by molar-refractivity contribution is 5.68. The summed E-state index contributed by atoms with van der Waals surface area (Å²) >= 11 is 0. The van der Waals surface area contributed by atoms with Gasteiger partial charge >= 0.3 is 5.97 Å². The van der Waals surface area contributed by atoms with Gasteiger partial charge in [0, 0.05) is 11.6 Å². The van der Waals surface area contributed by atoms with Crippen LogP contribution in [0.5, 0.6) is 17.5 Å². The molecule has 0 unspecified atom stereocenters. The van der Waals surface area contributed by atoms with Crippen LogP contribution in [0.15, 0.2) is 42.7 Å². The second-order valence-corrected chi connectivity index (χ2v) is 9.38. The average molecular weight is 494 g/mol. The Hall–Kier alpha value is -3.75. The third kappa shape index (κ3) is 5.90. The van der Waals surface area contributed by atoms with Gasteiger partial charge in [-0.15, -0.1) is 0 Å². The smallest absolute Gasteiger partial charge is 0.303 e. The Kier molecular flexibility index (Phi) is 6.97. The molecule has 0 bridgehead atoms. The van der Waals surface area contributed by atoms with Gasteiger partial charge in [0.15, 0.2) is 5.82 Å². The number of hydrogen-bond acceptors (Lipinski definition) is 7. The molecule has 1 N–H and O–H groups in total. The maximum absolute atomic E-state index is 14.6. The van der Waals surface area contributed by atoms with E-state index >= 15 is 0 Å². The first-order valence-electron chi connectivity index (χ1n) is 12.1. The molecule has 0 saturated heterocycles. The van der Waals surface area contributed by atoms with E-state index in [0.29, 0.717) is 29.9 Å². The van der Waals surface area contributed by atoms with Gasteiger partial charge in [-0.25, -0.2) is 19.3 Å². The Morgan fingerprint density at radius 3 is 2.69 bits per heavy atom. The SMILES string of the molecule is COc1cc(-c2ncc(COc3cccc([C@@H](CC(=O)O)C4CC4)c3)nc2OCC2CC2)c(F)cn1. The molecule has 2 fully saturated rings. The molecule has 9 heteroatoms. The molecule has 1 atom stereocenters. The minimum Gasteiger partial charge on any atom is -0.487 e. The first kappa shape index (κ1) is 24.0. The first-order chi connectivity index (χ1) is 17.5. The van der Waals surface area contributed by atoms with Crippen molar-refractivity contribution in [2.75, 3.05) is 13.7 Å². The number of nitrogens with zero attached hydrogens (tertiary/aromatic N) is 3. The van der Waals surface area contributed by atoms with E-state index in [-0.39, 0.29) is 42.0 Å². The Balaban J connectivity index is 1.35. The normalized spacial score (nSPS) is 15.8. The van der Waals surface area contributed by atoms with Gasteiger partial charge in [0.05, 0.1) is 32.5 Å². The molecule has 0 spiro atoms. The van der Waals surface area contributed by atoms with Crippen LogP contribution in [-0.2, 0) is 11.4 Å². The summed E-state index contributed by atoms with van der Waals surface area (Å²) in [4.78, 5) is 24.3. The summed E-state index contributed by atoms with van der Waals surface area (Å²) in [6.45, 7) is 0.621. The predicted octanol–water partition coefficient (Wildman–Crippen LogP) is 5.02. The number of pyridine rings is 1. The molecule has 8 nitrogen and oxygen atoms in total. The quantitative estimate of drug-likeness (QED) is 0.375. The van der Waals surface area contributed by atoms with Crippen molar-refractivity contribution in [3.63, 3.8) is 0 Å². The molecule has 1 aromatic carbocycles. The molecule has 0 amide bonds. The molecule has 2 aliphatic carbocycles. The van der Waals surface area contributed by atoms with Gasteiger partial charge < -0.3 is 19.3 Å². The van der Waals surface area contributed by atoms with Crippen molar-refractivity contribution in [1.82, 2.24) is 15.0 Å². The number of carbonyl (C=O) groups is 1. The molecule has 2 saturated carbocycles. The highest BCUT2D eigenvalue weighted by atomic mass is 19.1. The second kappa shape index (κ2) is 10.5. The van der Waals surface area contributed by atoms with Crippen LogP contribution >= 0.6 is 0 Å². The largest absolute Gasteiger partial charge is 0.487 e.